The first-order valence-corrected chi connectivity index (χ1v) is 8.45. The van der Waals surface area contributed by atoms with Crippen LogP contribution in [0.25, 0.3) is 11.3 Å². The van der Waals surface area contributed by atoms with E-state index in [1.54, 1.807) is 30.3 Å². The van der Waals surface area contributed by atoms with Crippen LogP contribution in [0.15, 0.2) is 35.1 Å². The van der Waals surface area contributed by atoms with E-state index in [0.717, 1.165) is 38.4 Å². The molecule has 1 aromatic carbocycles. The molecule has 1 fully saturated rings. The number of carbonyl (C=O) groups excluding carboxylic acids is 1. The molecule has 1 aliphatic heterocycles. The van der Waals surface area contributed by atoms with Gasteiger partial charge in [0.25, 0.3) is 5.91 Å². The van der Waals surface area contributed by atoms with E-state index in [4.69, 9.17) is 16.3 Å². The first kappa shape index (κ1) is 17.6. The Kier molecular flexibility index (Phi) is 5.80. The van der Waals surface area contributed by atoms with Crippen molar-refractivity contribution in [3.8, 4) is 11.3 Å². The molecule has 2 heterocycles. The summed E-state index contributed by atoms with van der Waals surface area (Å²) in [5.41, 5.74) is 0.773. The van der Waals surface area contributed by atoms with Gasteiger partial charge in [0.15, 0.2) is 0 Å². The maximum atomic E-state index is 12.3. The first-order chi connectivity index (χ1) is 12.1. The zero-order valence-electron chi connectivity index (χ0n) is 13.6. The van der Waals surface area contributed by atoms with E-state index in [1.165, 1.54) is 0 Å². The number of morpholine rings is 1. The van der Waals surface area contributed by atoms with Gasteiger partial charge in [-0.1, -0.05) is 23.7 Å². The Morgan fingerprint density at radius 1 is 1.28 bits per heavy atom. The molecule has 1 aromatic heterocycles. The molecule has 2 N–H and O–H groups in total. The van der Waals surface area contributed by atoms with Crippen molar-refractivity contribution in [1.82, 2.24) is 20.2 Å². The van der Waals surface area contributed by atoms with Crippen LogP contribution in [0.4, 0.5) is 0 Å². The van der Waals surface area contributed by atoms with Gasteiger partial charge in [-0.15, -0.1) is 0 Å². The van der Waals surface area contributed by atoms with Crippen LogP contribution in [0, 0.1) is 0 Å². The van der Waals surface area contributed by atoms with Gasteiger partial charge in [0.05, 0.1) is 18.9 Å². The quantitative estimate of drug-likeness (QED) is 0.833. The summed E-state index contributed by atoms with van der Waals surface area (Å²) in [5.74, 6) is -0.331. The van der Waals surface area contributed by atoms with Gasteiger partial charge in [0.1, 0.15) is 5.69 Å². The van der Waals surface area contributed by atoms with Crippen LogP contribution in [-0.2, 0) is 4.74 Å². The van der Waals surface area contributed by atoms with Gasteiger partial charge in [-0.25, -0.2) is 4.79 Å². The molecule has 1 saturated heterocycles. The SMILES string of the molecule is O=C(NCCN1CCOCC1)c1cc(-c2ccc(Cl)cc2)nc(=O)[nH]1. The van der Waals surface area contributed by atoms with Crippen LogP contribution in [0.3, 0.4) is 0 Å². The fraction of sp³-hybridized carbons (Fsp3) is 0.353. The van der Waals surface area contributed by atoms with Crippen molar-refractivity contribution in [2.75, 3.05) is 39.4 Å². The Hall–Kier alpha value is -2.22. The van der Waals surface area contributed by atoms with Crippen molar-refractivity contribution in [3.05, 3.63) is 51.5 Å². The van der Waals surface area contributed by atoms with Crippen molar-refractivity contribution >= 4 is 17.5 Å². The second-order valence-electron chi connectivity index (χ2n) is 5.70. The number of aromatic nitrogens is 2. The van der Waals surface area contributed by atoms with Crippen molar-refractivity contribution < 1.29 is 9.53 Å². The van der Waals surface area contributed by atoms with Gasteiger partial charge in [-0.05, 0) is 18.2 Å². The highest BCUT2D eigenvalue weighted by atomic mass is 35.5. The number of H-pyrrole nitrogens is 1. The van der Waals surface area contributed by atoms with E-state index in [2.05, 4.69) is 20.2 Å². The smallest absolute Gasteiger partial charge is 0.346 e. The lowest BCUT2D eigenvalue weighted by Crippen LogP contribution is -2.41. The van der Waals surface area contributed by atoms with Crippen molar-refractivity contribution in [1.29, 1.82) is 0 Å². The highest BCUT2D eigenvalue weighted by Gasteiger charge is 2.13. The normalized spacial score (nSPS) is 15.1. The molecule has 0 saturated carbocycles. The lowest BCUT2D eigenvalue weighted by molar-refractivity contribution is 0.0383. The number of ether oxygens (including phenoxy) is 1. The maximum Gasteiger partial charge on any atom is 0.346 e. The molecule has 0 unspecified atom stereocenters. The van der Waals surface area contributed by atoms with Gasteiger partial charge in [-0.3, -0.25) is 9.69 Å². The van der Waals surface area contributed by atoms with E-state index < -0.39 is 5.69 Å². The predicted octanol–water partition coefficient (Wildman–Crippen LogP) is 1.15. The van der Waals surface area contributed by atoms with Gasteiger partial charge < -0.3 is 15.0 Å². The fourth-order valence-corrected chi connectivity index (χ4v) is 2.72. The molecule has 2 aromatic rings. The summed E-state index contributed by atoms with van der Waals surface area (Å²) in [7, 11) is 0. The van der Waals surface area contributed by atoms with Crippen molar-refractivity contribution in [3.63, 3.8) is 0 Å². The minimum absolute atomic E-state index is 0.187. The number of amides is 1. The Morgan fingerprint density at radius 2 is 2.00 bits per heavy atom. The molecule has 1 amide bonds. The zero-order valence-corrected chi connectivity index (χ0v) is 14.4. The molecule has 0 aliphatic carbocycles. The van der Waals surface area contributed by atoms with Crippen LogP contribution in [0.1, 0.15) is 10.5 Å². The van der Waals surface area contributed by atoms with Crippen LogP contribution in [0.2, 0.25) is 5.02 Å². The fourth-order valence-electron chi connectivity index (χ4n) is 2.60. The highest BCUT2D eigenvalue weighted by molar-refractivity contribution is 6.30. The molecule has 1 aliphatic rings. The van der Waals surface area contributed by atoms with E-state index in [9.17, 15) is 9.59 Å². The number of carbonyl (C=O) groups is 1. The molecule has 25 heavy (non-hydrogen) atoms. The van der Waals surface area contributed by atoms with Crippen LogP contribution < -0.4 is 11.0 Å². The maximum absolute atomic E-state index is 12.3. The number of rotatable bonds is 5. The van der Waals surface area contributed by atoms with Gasteiger partial charge in [0.2, 0.25) is 0 Å². The standard InChI is InChI=1S/C17H19ClN4O3/c18-13-3-1-12(2-4-13)14-11-15(21-17(24)20-14)16(23)19-5-6-22-7-9-25-10-8-22/h1-4,11H,5-10H2,(H,19,23)(H,20,21,24). The Labute approximate surface area is 150 Å². The third-order valence-corrected chi connectivity index (χ3v) is 4.20. The molecular formula is C17H19ClN4O3. The van der Waals surface area contributed by atoms with E-state index in [0.29, 0.717) is 17.3 Å². The lowest BCUT2D eigenvalue weighted by atomic mass is 10.1. The summed E-state index contributed by atoms with van der Waals surface area (Å²) in [6.45, 7) is 4.41. The molecule has 0 spiro atoms. The van der Waals surface area contributed by atoms with Gasteiger partial charge >= 0.3 is 5.69 Å². The second kappa shape index (κ2) is 8.24. The summed E-state index contributed by atoms with van der Waals surface area (Å²) in [4.78, 5) is 32.7. The first-order valence-electron chi connectivity index (χ1n) is 8.07. The molecule has 0 radical (unpaired) electrons. The summed E-state index contributed by atoms with van der Waals surface area (Å²) >= 11 is 5.87. The number of nitrogens with zero attached hydrogens (tertiary/aromatic N) is 2. The predicted molar refractivity (Wildman–Crippen MR) is 94.9 cm³/mol. The lowest BCUT2D eigenvalue weighted by Gasteiger charge is -2.26. The van der Waals surface area contributed by atoms with Crippen molar-refractivity contribution in [2.24, 2.45) is 0 Å². The van der Waals surface area contributed by atoms with Crippen molar-refractivity contribution in [2.45, 2.75) is 0 Å². The average Bonchev–Trinajstić information content (AvgIpc) is 2.62. The topological polar surface area (TPSA) is 87.3 Å². The summed E-state index contributed by atoms with van der Waals surface area (Å²) in [6.07, 6.45) is 0. The number of benzene rings is 1. The molecular weight excluding hydrogens is 344 g/mol. The molecule has 7 nitrogen and oxygen atoms in total. The number of nitrogens with one attached hydrogen (secondary N) is 2. The number of hydrogen-bond donors (Lipinski definition) is 2. The Balaban J connectivity index is 1.65. The zero-order chi connectivity index (χ0) is 17.6. The monoisotopic (exact) mass is 362 g/mol. The van der Waals surface area contributed by atoms with E-state index in [-0.39, 0.29) is 11.6 Å². The van der Waals surface area contributed by atoms with E-state index >= 15 is 0 Å². The third kappa shape index (κ3) is 4.88. The average molecular weight is 363 g/mol. The second-order valence-corrected chi connectivity index (χ2v) is 6.14. The molecule has 0 atom stereocenters. The summed E-state index contributed by atoms with van der Waals surface area (Å²) < 4.78 is 5.29. The van der Waals surface area contributed by atoms with Crippen LogP contribution in [0.5, 0.6) is 0 Å². The van der Waals surface area contributed by atoms with Gasteiger partial charge in [0, 0.05) is 36.8 Å². The molecule has 8 heteroatoms. The van der Waals surface area contributed by atoms with Gasteiger partial charge in [-0.2, -0.15) is 4.98 Å². The van der Waals surface area contributed by atoms with E-state index in [1.807, 2.05) is 0 Å². The molecule has 132 valence electrons. The third-order valence-electron chi connectivity index (χ3n) is 3.95. The highest BCUT2D eigenvalue weighted by Crippen LogP contribution is 2.18. The van der Waals surface area contributed by atoms with Crippen LogP contribution >= 0.6 is 11.6 Å². The summed E-state index contributed by atoms with van der Waals surface area (Å²) in [5, 5.41) is 3.41. The minimum atomic E-state index is -0.564. The number of aromatic amines is 1. The summed E-state index contributed by atoms with van der Waals surface area (Å²) in [6, 6.07) is 8.49. The number of hydrogen-bond acceptors (Lipinski definition) is 5. The minimum Gasteiger partial charge on any atom is -0.379 e. The largest absolute Gasteiger partial charge is 0.379 e. The van der Waals surface area contributed by atoms with Crippen LogP contribution in [-0.4, -0.2) is 60.2 Å². The molecule has 0 bridgehead atoms. The molecule has 3 rings (SSSR count). The Bertz CT molecular complexity index is 785. The number of halogens is 1. The Morgan fingerprint density at radius 3 is 2.72 bits per heavy atom.